The van der Waals surface area contributed by atoms with Crippen molar-refractivity contribution in [3.63, 3.8) is 0 Å². The average Bonchev–Trinajstić information content (AvgIpc) is 2.81. The number of nitrogen functional groups attached to an aromatic ring is 1. The highest BCUT2D eigenvalue weighted by Gasteiger charge is 2.10. The third-order valence-electron chi connectivity index (χ3n) is 2.70. The summed E-state index contributed by atoms with van der Waals surface area (Å²) in [6.45, 7) is 1.96. The second-order valence-corrected chi connectivity index (χ2v) is 5.25. The molecule has 18 heavy (non-hydrogen) atoms. The topological polar surface area (TPSA) is 55.1 Å². The molecular formula is C14H16N2OS. The normalized spacial score (nSPS) is 12.1. The molecule has 2 aromatic rings. The summed E-state index contributed by atoms with van der Waals surface area (Å²) >= 11 is 1.60. The number of thiophene rings is 1. The lowest BCUT2D eigenvalue weighted by atomic mass is 10.1. The molecule has 4 heteroatoms. The molecule has 1 atom stereocenters. The molecule has 0 saturated heterocycles. The van der Waals surface area contributed by atoms with E-state index in [-0.39, 0.29) is 11.9 Å². The van der Waals surface area contributed by atoms with E-state index in [4.69, 9.17) is 5.73 Å². The van der Waals surface area contributed by atoms with Crippen LogP contribution in [0, 0.1) is 0 Å². The van der Waals surface area contributed by atoms with E-state index in [2.05, 4.69) is 5.32 Å². The minimum atomic E-state index is -0.0269. The van der Waals surface area contributed by atoms with Crippen LogP contribution in [-0.2, 0) is 11.2 Å². The van der Waals surface area contributed by atoms with Crippen LogP contribution >= 0.6 is 11.3 Å². The smallest absolute Gasteiger partial charge is 0.225 e. The maximum atomic E-state index is 11.8. The molecule has 0 bridgehead atoms. The standard InChI is InChI=1S/C14H16N2OS/c1-10(11-4-2-5-12(15)8-11)16-14(17)9-13-6-3-7-18-13/h2-8,10H,9,15H2,1H3,(H,16,17). The van der Waals surface area contributed by atoms with E-state index in [9.17, 15) is 4.79 Å². The van der Waals surface area contributed by atoms with Gasteiger partial charge < -0.3 is 11.1 Å². The van der Waals surface area contributed by atoms with E-state index in [0.29, 0.717) is 12.1 Å². The van der Waals surface area contributed by atoms with Gasteiger partial charge in [0.15, 0.2) is 0 Å². The van der Waals surface area contributed by atoms with E-state index >= 15 is 0 Å². The number of rotatable bonds is 4. The lowest BCUT2D eigenvalue weighted by Crippen LogP contribution is -2.27. The van der Waals surface area contributed by atoms with E-state index in [1.165, 1.54) is 0 Å². The maximum Gasteiger partial charge on any atom is 0.225 e. The molecule has 1 amide bonds. The highest BCUT2D eigenvalue weighted by atomic mass is 32.1. The minimum absolute atomic E-state index is 0.0269. The number of benzene rings is 1. The second-order valence-electron chi connectivity index (χ2n) is 4.22. The molecule has 1 unspecified atom stereocenters. The van der Waals surface area contributed by atoms with Crippen molar-refractivity contribution in [1.29, 1.82) is 0 Å². The van der Waals surface area contributed by atoms with Crippen molar-refractivity contribution >= 4 is 22.9 Å². The van der Waals surface area contributed by atoms with Crippen LogP contribution in [0.2, 0.25) is 0 Å². The predicted molar refractivity (Wildman–Crippen MR) is 75.4 cm³/mol. The van der Waals surface area contributed by atoms with E-state index in [1.807, 2.05) is 48.7 Å². The van der Waals surface area contributed by atoms with Crippen LogP contribution in [0.1, 0.15) is 23.4 Å². The zero-order valence-corrected chi connectivity index (χ0v) is 11.0. The van der Waals surface area contributed by atoms with Crippen molar-refractivity contribution in [3.8, 4) is 0 Å². The van der Waals surface area contributed by atoms with Crippen LogP contribution in [0.3, 0.4) is 0 Å². The second kappa shape index (κ2) is 5.69. The Morgan fingerprint density at radius 1 is 1.39 bits per heavy atom. The van der Waals surface area contributed by atoms with Crippen LogP contribution in [-0.4, -0.2) is 5.91 Å². The minimum Gasteiger partial charge on any atom is -0.399 e. The van der Waals surface area contributed by atoms with Gasteiger partial charge in [-0.1, -0.05) is 18.2 Å². The van der Waals surface area contributed by atoms with Gasteiger partial charge in [0, 0.05) is 10.6 Å². The fourth-order valence-corrected chi connectivity index (χ4v) is 2.48. The van der Waals surface area contributed by atoms with E-state index in [0.717, 1.165) is 10.4 Å². The van der Waals surface area contributed by atoms with Crippen LogP contribution in [0.25, 0.3) is 0 Å². The molecule has 0 aliphatic heterocycles. The summed E-state index contributed by atoms with van der Waals surface area (Å²) in [5, 5.41) is 4.95. The number of anilines is 1. The Hall–Kier alpha value is -1.81. The average molecular weight is 260 g/mol. The van der Waals surface area contributed by atoms with Gasteiger partial charge in [0.25, 0.3) is 0 Å². The largest absolute Gasteiger partial charge is 0.399 e. The van der Waals surface area contributed by atoms with Gasteiger partial charge in [0.05, 0.1) is 12.5 Å². The molecule has 1 heterocycles. The number of amides is 1. The number of nitrogens with two attached hydrogens (primary N) is 1. The van der Waals surface area contributed by atoms with Crippen LogP contribution in [0.15, 0.2) is 41.8 Å². The van der Waals surface area contributed by atoms with Gasteiger partial charge in [-0.2, -0.15) is 0 Å². The Morgan fingerprint density at radius 3 is 2.89 bits per heavy atom. The first-order valence-corrected chi connectivity index (χ1v) is 6.70. The highest BCUT2D eigenvalue weighted by molar-refractivity contribution is 7.10. The number of hydrogen-bond donors (Lipinski definition) is 2. The van der Waals surface area contributed by atoms with Crippen molar-refractivity contribution in [2.75, 3.05) is 5.73 Å². The summed E-state index contributed by atoms with van der Waals surface area (Å²) in [4.78, 5) is 12.9. The molecule has 2 rings (SSSR count). The Labute approximate surface area is 111 Å². The molecule has 3 nitrogen and oxygen atoms in total. The number of carbonyl (C=O) groups excluding carboxylic acids is 1. The zero-order valence-electron chi connectivity index (χ0n) is 10.2. The van der Waals surface area contributed by atoms with Crippen LogP contribution in [0.5, 0.6) is 0 Å². The fourth-order valence-electron chi connectivity index (χ4n) is 1.78. The van der Waals surface area contributed by atoms with Crippen LogP contribution < -0.4 is 11.1 Å². The number of hydrogen-bond acceptors (Lipinski definition) is 3. The summed E-state index contributed by atoms with van der Waals surface area (Å²) in [5.41, 5.74) is 7.46. The Bertz CT molecular complexity index is 522. The Morgan fingerprint density at radius 2 is 2.22 bits per heavy atom. The summed E-state index contributed by atoms with van der Waals surface area (Å²) < 4.78 is 0. The summed E-state index contributed by atoms with van der Waals surface area (Å²) in [6, 6.07) is 11.5. The summed E-state index contributed by atoms with van der Waals surface area (Å²) in [5.74, 6) is 0.0346. The maximum absolute atomic E-state index is 11.8. The van der Waals surface area contributed by atoms with Gasteiger partial charge >= 0.3 is 0 Å². The molecule has 0 fully saturated rings. The molecule has 1 aromatic heterocycles. The Balaban J connectivity index is 1.95. The molecule has 0 saturated carbocycles. The SMILES string of the molecule is CC(NC(=O)Cc1cccs1)c1cccc(N)c1. The third kappa shape index (κ3) is 3.34. The number of nitrogens with one attached hydrogen (secondary N) is 1. The fraction of sp³-hybridized carbons (Fsp3) is 0.214. The molecule has 0 spiro atoms. The lowest BCUT2D eigenvalue weighted by molar-refractivity contribution is -0.121. The number of carbonyl (C=O) groups is 1. The van der Waals surface area contributed by atoms with Crippen molar-refractivity contribution in [2.45, 2.75) is 19.4 Å². The highest BCUT2D eigenvalue weighted by Crippen LogP contribution is 2.16. The molecule has 1 aromatic carbocycles. The molecule has 0 radical (unpaired) electrons. The molecule has 3 N–H and O–H groups in total. The van der Waals surface area contributed by atoms with Crippen LogP contribution in [0.4, 0.5) is 5.69 Å². The van der Waals surface area contributed by atoms with Crippen molar-refractivity contribution in [1.82, 2.24) is 5.32 Å². The van der Waals surface area contributed by atoms with Gasteiger partial charge in [0.1, 0.15) is 0 Å². The van der Waals surface area contributed by atoms with E-state index in [1.54, 1.807) is 11.3 Å². The van der Waals surface area contributed by atoms with Crippen molar-refractivity contribution in [3.05, 3.63) is 52.2 Å². The Kier molecular flexibility index (Phi) is 3.99. The zero-order chi connectivity index (χ0) is 13.0. The first kappa shape index (κ1) is 12.6. The monoisotopic (exact) mass is 260 g/mol. The van der Waals surface area contributed by atoms with Gasteiger partial charge in [-0.15, -0.1) is 11.3 Å². The predicted octanol–water partition coefficient (Wildman–Crippen LogP) is 2.75. The molecule has 0 aliphatic carbocycles. The first-order chi connectivity index (χ1) is 8.65. The van der Waals surface area contributed by atoms with Gasteiger partial charge in [-0.3, -0.25) is 4.79 Å². The van der Waals surface area contributed by atoms with Gasteiger partial charge in [-0.25, -0.2) is 0 Å². The van der Waals surface area contributed by atoms with Gasteiger partial charge in [0.2, 0.25) is 5.91 Å². The van der Waals surface area contributed by atoms with Crippen molar-refractivity contribution < 1.29 is 4.79 Å². The van der Waals surface area contributed by atoms with E-state index < -0.39 is 0 Å². The molecule has 0 aliphatic rings. The summed E-state index contributed by atoms with van der Waals surface area (Å²) in [7, 11) is 0. The molecule has 94 valence electrons. The quantitative estimate of drug-likeness (QED) is 0.830. The lowest BCUT2D eigenvalue weighted by Gasteiger charge is -2.14. The third-order valence-corrected chi connectivity index (χ3v) is 3.58. The first-order valence-electron chi connectivity index (χ1n) is 5.82. The van der Waals surface area contributed by atoms with Gasteiger partial charge in [-0.05, 0) is 36.1 Å². The summed E-state index contributed by atoms with van der Waals surface area (Å²) in [6.07, 6.45) is 0.435. The van der Waals surface area contributed by atoms with Crippen molar-refractivity contribution in [2.24, 2.45) is 0 Å². The molecular weight excluding hydrogens is 244 g/mol.